The SMILES string of the molecule is COC(=O)c1cccc(COc2ccccc2-c2cc(-c3ccc(F)cc3)[nH]c2C(O)c2c(F)cc(F)cc2F)c1. The summed E-state index contributed by atoms with van der Waals surface area (Å²) in [6.45, 7) is 0.0657. The van der Waals surface area contributed by atoms with Gasteiger partial charge in [0.15, 0.2) is 0 Å². The largest absolute Gasteiger partial charge is 0.488 e. The predicted molar refractivity (Wildman–Crippen MR) is 144 cm³/mol. The van der Waals surface area contributed by atoms with E-state index in [1.807, 2.05) is 0 Å². The van der Waals surface area contributed by atoms with Gasteiger partial charge in [-0.05, 0) is 59.7 Å². The van der Waals surface area contributed by atoms with Crippen LogP contribution in [0.5, 0.6) is 5.75 Å². The van der Waals surface area contributed by atoms with Crippen LogP contribution in [0.4, 0.5) is 17.6 Å². The average Bonchev–Trinajstić information content (AvgIpc) is 3.41. The van der Waals surface area contributed by atoms with E-state index in [2.05, 4.69) is 4.98 Å². The number of aromatic nitrogens is 1. The third kappa shape index (κ3) is 5.85. The number of H-pyrrole nitrogens is 1. The summed E-state index contributed by atoms with van der Waals surface area (Å²) in [6, 6.07) is 21.7. The lowest BCUT2D eigenvalue weighted by Gasteiger charge is -2.16. The summed E-state index contributed by atoms with van der Waals surface area (Å²) in [5.74, 6) is -4.21. The number of esters is 1. The van der Waals surface area contributed by atoms with Crippen molar-refractivity contribution in [3.8, 4) is 28.1 Å². The van der Waals surface area contributed by atoms with Crippen molar-refractivity contribution in [3.63, 3.8) is 0 Å². The molecule has 4 aromatic carbocycles. The molecule has 2 N–H and O–H groups in total. The van der Waals surface area contributed by atoms with Gasteiger partial charge >= 0.3 is 5.97 Å². The molecular formula is C32H23F4NO4. The molecule has 9 heteroatoms. The molecule has 5 rings (SSSR count). The summed E-state index contributed by atoms with van der Waals surface area (Å²) in [6.07, 6.45) is -1.86. The molecule has 0 radical (unpaired) electrons. The van der Waals surface area contributed by atoms with Gasteiger partial charge in [-0.1, -0.05) is 30.3 Å². The Morgan fingerprint density at radius 3 is 2.24 bits per heavy atom. The highest BCUT2D eigenvalue weighted by molar-refractivity contribution is 5.89. The van der Waals surface area contributed by atoms with Crippen molar-refractivity contribution in [2.75, 3.05) is 7.11 Å². The fourth-order valence-electron chi connectivity index (χ4n) is 4.53. The third-order valence-electron chi connectivity index (χ3n) is 6.51. The fraction of sp³-hybridized carbons (Fsp3) is 0.0938. The monoisotopic (exact) mass is 561 g/mol. The summed E-state index contributed by atoms with van der Waals surface area (Å²) in [5.41, 5.74) is 2.10. The van der Waals surface area contributed by atoms with Crippen LogP contribution < -0.4 is 4.74 Å². The van der Waals surface area contributed by atoms with Crippen LogP contribution in [-0.2, 0) is 11.3 Å². The van der Waals surface area contributed by atoms with Gasteiger partial charge in [-0.2, -0.15) is 0 Å². The minimum absolute atomic E-state index is 0.0115. The maximum absolute atomic E-state index is 14.7. The van der Waals surface area contributed by atoms with E-state index < -0.39 is 40.9 Å². The Labute approximate surface area is 232 Å². The lowest BCUT2D eigenvalue weighted by Crippen LogP contribution is -2.08. The smallest absolute Gasteiger partial charge is 0.337 e. The number of methoxy groups -OCH3 is 1. The van der Waals surface area contributed by atoms with E-state index in [4.69, 9.17) is 9.47 Å². The molecule has 41 heavy (non-hydrogen) atoms. The van der Waals surface area contributed by atoms with Crippen molar-refractivity contribution in [2.24, 2.45) is 0 Å². The van der Waals surface area contributed by atoms with Crippen molar-refractivity contribution < 1.29 is 36.9 Å². The van der Waals surface area contributed by atoms with Crippen LogP contribution in [0, 0.1) is 23.3 Å². The van der Waals surface area contributed by atoms with Crippen molar-refractivity contribution in [2.45, 2.75) is 12.7 Å². The molecule has 0 aliphatic carbocycles. The maximum atomic E-state index is 14.7. The van der Waals surface area contributed by atoms with E-state index in [9.17, 15) is 27.5 Å². The summed E-state index contributed by atoms with van der Waals surface area (Å²) in [5, 5.41) is 11.2. The van der Waals surface area contributed by atoms with E-state index in [0.717, 1.165) is 0 Å². The zero-order valence-electron chi connectivity index (χ0n) is 21.6. The fourth-order valence-corrected chi connectivity index (χ4v) is 4.53. The molecule has 0 spiro atoms. The second kappa shape index (κ2) is 11.7. The Morgan fingerprint density at radius 1 is 0.829 bits per heavy atom. The van der Waals surface area contributed by atoms with Gasteiger partial charge in [-0.15, -0.1) is 0 Å². The van der Waals surface area contributed by atoms with E-state index in [1.165, 1.54) is 31.4 Å². The molecule has 1 unspecified atom stereocenters. The Morgan fingerprint density at radius 2 is 1.54 bits per heavy atom. The first-order chi connectivity index (χ1) is 19.7. The number of ether oxygens (including phenoxy) is 2. The number of hydrogen-bond donors (Lipinski definition) is 2. The molecule has 5 aromatic rings. The summed E-state index contributed by atoms with van der Waals surface area (Å²) >= 11 is 0. The van der Waals surface area contributed by atoms with Crippen LogP contribution in [0.15, 0.2) is 91.0 Å². The van der Waals surface area contributed by atoms with Gasteiger partial charge in [0.05, 0.1) is 23.9 Å². The van der Waals surface area contributed by atoms with Crippen LogP contribution in [0.1, 0.15) is 33.3 Å². The second-order valence-corrected chi connectivity index (χ2v) is 9.18. The highest BCUT2D eigenvalue weighted by Gasteiger charge is 2.27. The van der Waals surface area contributed by atoms with Crippen LogP contribution in [-0.4, -0.2) is 23.2 Å². The zero-order chi connectivity index (χ0) is 29.1. The van der Waals surface area contributed by atoms with Crippen molar-refractivity contribution in [1.82, 2.24) is 4.98 Å². The number of nitrogens with one attached hydrogen (secondary N) is 1. The molecule has 1 heterocycles. The highest BCUT2D eigenvalue weighted by Crippen LogP contribution is 2.40. The molecule has 5 nitrogen and oxygen atoms in total. The molecule has 0 aliphatic rings. The molecule has 0 saturated carbocycles. The second-order valence-electron chi connectivity index (χ2n) is 9.18. The number of halogens is 4. The Bertz CT molecular complexity index is 1690. The molecular weight excluding hydrogens is 538 g/mol. The van der Waals surface area contributed by atoms with E-state index in [1.54, 1.807) is 54.6 Å². The van der Waals surface area contributed by atoms with Crippen LogP contribution >= 0.6 is 0 Å². The zero-order valence-corrected chi connectivity index (χ0v) is 21.6. The number of carbonyl (C=O) groups is 1. The van der Waals surface area contributed by atoms with Crippen LogP contribution in [0.2, 0.25) is 0 Å². The molecule has 208 valence electrons. The van der Waals surface area contributed by atoms with Crippen LogP contribution in [0.25, 0.3) is 22.4 Å². The van der Waals surface area contributed by atoms with Gasteiger partial charge in [-0.25, -0.2) is 22.4 Å². The van der Waals surface area contributed by atoms with E-state index in [-0.39, 0.29) is 12.3 Å². The lowest BCUT2D eigenvalue weighted by atomic mass is 9.97. The number of rotatable bonds is 8. The van der Waals surface area contributed by atoms with Gasteiger partial charge in [0.25, 0.3) is 0 Å². The van der Waals surface area contributed by atoms with Gasteiger partial charge < -0.3 is 19.6 Å². The summed E-state index contributed by atoms with van der Waals surface area (Å²) in [4.78, 5) is 14.9. The molecule has 0 saturated heterocycles. The minimum atomic E-state index is -1.86. The lowest BCUT2D eigenvalue weighted by molar-refractivity contribution is 0.0600. The quantitative estimate of drug-likeness (QED) is 0.154. The first kappa shape index (κ1) is 27.7. The molecule has 1 aromatic heterocycles. The van der Waals surface area contributed by atoms with Crippen molar-refractivity contribution in [1.29, 1.82) is 0 Å². The van der Waals surface area contributed by atoms with E-state index in [0.29, 0.717) is 51.4 Å². The first-order valence-electron chi connectivity index (χ1n) is 12.5. The van der Waals surface area contributed by atoms with Gasteiger partial charge in [0.2, 0.25) is 0 Å². The molecule has 0 bridgehead atoms. The minimum Gasteiger partial charge on any atom is -0.488 e. The number of hydrogen-bond acceptors (Lipinski definition) is 4. The summed E-state index contributed by atoms with van der Waals surface area (Å²) < 4.78 is 67.5. The topological polar surface area (TPSA) is 71.5 Å². The number of carbonyl (C=O) groups excluding carboxylic acids is 1. The molecule has 0 fully saturated rings. The standard InChI is InChI=1S/C32H23F4NO4/c1-40-32(39)20-6-4-5-18(13-20)17-41-28-8-3-2-7-23(28)24-16-27(19-9-11-21(33)12-10-19)37-30(24)31(38)29-25(35)14-22(34)15-26(29)36/h2-16,31,37-38H,17H2,1H3. The van der Waals surface area contributed by atoms with Gasteiger partial charge in [-0.3, -0.25) is 0 Å². The van der Waals surface area contributed by atoms with E-state index >= 15 is 0 Å². The number of aromatic amines is 1. The Kier molecular flexibility index (Phi) is 7.89. The van der Waals surface area contributed by atoms with Gasteiger partial charge in [0.1, 0.15) is 41.7 Å². The predicted octanol–water partition coefficient (Wildman–Crippen LogP) is 7.35. The Balaban J connectivity index is 1.58. The average molecular weight is 562 g/mol. The maximum Gasteiger partial charge on any atom is 0.337 e. The third-order valence-corrected chi connectivity index (χ3v) is 6.51. The van der Waals surface area contributed by atoms with Crippen molar-refractivity contribution in [3.05, 3.63) is 137 Å². The highest BCUT2D eigenvalue weighted by atomic mass is 19.1. The van der Waals surface area contributed by atoms with Gasteiger partial charge in [0, 0.05) is 29.0 Å². The first-order valence-corrected chi connectivity index (χ1v) is 12.5. The number of para-hydroxylation sites is 1. The molecule has 0 aliphatic heterocycles. The summed E-state index contributed by atoms with van der Waals surface area (Å²) in [7, 11) is 1.29. The molecule has 0 amide bonds. The van der Waals surface area contributed by atoms with Crippen LogP contribution in [0.3, 0.4) is 0 Å². The number of aliphatic hydroxyl groups is 1. The molecule has 1 atom stereocenters. The number of aliphatic hydroxyl groups excluding tert-OH is 1. The Hall–Kier alpha value is -4.89. The van der Waals surface area contributed by atoms with Crippen molar-refractivity contribution >= 4 is 5.97 Å². The number of benzene rings is 4. The normalized spacial score (nSPS) is 11.8.